The average molecular weight is 442 g/mol. The van der Waals surface area contributed by atoms with E-state index < -0.39 is 5.91 Å². The molecule has 0 spiro atoms. The van der Waals surface area contributed by atoms with Gasteiger partial charge in [-0.25, -0.2) is 4.98 Å². The summed E-state index contributed by atoms with van der Waals surface area (Å²) in [7, 11) is 1.55. The van der Waals surface area contributed by atoms with Gasteiger partial charge in [0.2, 0.25) is 5.91 Å². The molecule has 166 valence electrons. The number of nitrogens with zero attached hydrogens (tertiary/aromatic N) is 2. The fraction of sp³-hybridized carbons (Fsp3) is 0.120. The molecule has 0 aliphatic carbocycles. The van der Waals surface area contributed by atoms with Crippen LogP contribution in [0, 0.1) is 6.92 Å². The summed E-state index contributed by atoms with van der Waals surface area (Å²) >= 11 is 0. The predicted molar refractivity (Wildman–Crippen MR) is 127 cm³/mol. The molecule has 0 bridgehead atoms. The summed E-state index contributed by atoms with van der Waals surface area (Å²) in [6.07, 6.45) is 0. The van der Waals surface area contributed by atoms with Gasteiger partial charge in [-0.3, -0.25) is 19.0 Å². The van der Waals surface area contributed by atoms with Crippen LogP contribution in [-0.2, 0) is 11.3 Å². The number of aryl methyl sites for hydroxylation is 1. The highest BCUT2D eigenvalue weighted by molar-refractivity contribution is 6.10. The number of aromatic nitrogens is 2. The van der Waals surface area contributed by atoms with Crippen LogP contribution in [0.2, 0.25) is 0 Å². The monoisotopic (exact) mass is 442 g/mol. The van der Waals surface area contributed by atoms with E-state index in [1.165, 1.54) is 4.57 Å². The number of carbonyl (C=O) groups is 2. The summed E-state index contributed by atoms with van der Waals surface area (Å²) in [5, 5.41) is 5.98. The lowest BCUT2D eigenvalue weighted by molar-refractivity contribution is -0.116. The summed E-state index contributed by atoms with van der Waals surface area (Å²) in [6, 6.07) is 20.6. The van der Waals surface area contributed by atoms with Gasteiger partial charge in [-0.15, -0.1) is 0 Å². The Balaban J connectivity index is 1.54. The highest BCUT2D eigenvalue weighted by Crippen LogP contribution is 2.20. The van der Waals surface area contributed by atoms with Crippen molar-refractivity contribution in [1.29, 1.82) is 0 Å². The number of hydrogen-bond acceptors (Lipinski definition) is 5. The van der Waals surface area contributed by atoms with Crippen LogP contribution in [0.25, 0.3) is 10.9 Å². The molecular formula is C25H22N4O4. The Labute approximate surface area is 189 Å². The van der Waals surface area contributed by atoms with Gasteiger partial charge in [-0.2, -0.15) is 0 Å². The number of hydrogen-bond donors (Lipinski definition) is 2. The van der Waals surface area contributed by atoms with Crippen molar-refractivity contribution in [3.8, 4) is 5.75 Å². The smallest absolute Gasteiger partial charge is 0.261 e. The van der Waals surface area contributed by atoms with E-state index in [2.05, 4.69) is 15.6 Å². The molecule has 1 aromatic heterocycles. The van der Waals surface area contributed by atoms with E-state index in [0.717, 1.165) is 0 Å². The Bertz CT molecular complexity index is 1410. The molecule has 8 nitrogen and oxygen atoms in total. The first-order valence-electron chi connectivity index (χ1n) is 10.3. The van der Waals surface area contributed by atoms with Gasteiger partial charge in [0.05, 0.1) is 29.3 Å². The second-order valence-corrected chi connectivity index (χ2v) is 7.35. The predicted octanol–water partition coefficient (Wildman–Crippen LogP) is 3.60. The Morgan fingerprint density at radius 1 is 0.970 bits per heavy atom. The molecule has 0 aliphatic rings. The van der Waals surface area contributed by atoms with E-state index in [-0.39, 0.29) is 23.6 Å². The van der Waals surface area contributed by atoms with Gasteiger partial charge in [-0.1, -0.05) is 30.3 Å². The Morgan fingerprint density at radius 2 is 1.73 bits per heavy atom. The van der Waals surface area contributed by atoms with Gasteiger partial charge in [0.15, 0.2) is 0 Å². The summed E-state index contributed by atoms with van der Waals surface area (Å²) in [5.41, 5.74) is 1.47. The first kappa shape index (κ1) is 21.8. The molecule has 0 atom stereocenters. The minimum absolute atomic E-state index is 0.228. The van der Waals surface area contributed by atoms with E-state index in [1.54, 1.807) is 86.8 Å². The lowest BCUT2D eigenvalue weighted by atomic mass is 10.1. The van der Waals surface area contributed by atoms with E-state index in [4.69, 9.17) is 4.74 Å². The van der Waals surface area contributed by atoms with Crippen molar-refractivity contribution in [2.24, 2.45) is 0 Å². The molecule has 0 saturated heterocycles. The second-order valence-electron chi connectivity index (χ2n) is 7.35. The molecule has 4 rings (SSSR count). The lowest BCUT2D eigenvalue weighted by Gasteiger charge is -2.14. The molecule has 0 fully saturated rings. The zero-order valence-electron chi connectivity index (χ0n) is 18.2. The van der Waals surface area contributed by atoms with Crippen LogP contribution < -0.4 is 20.9 Å². The maximum Gasteiger partial charge on any atom is 0.261 e. The van der Waals surface area contributed by atoms with Crippen LogP contribution in [0.3, 0.4) is 0 Å². The van der Waals surface area contributed by atoms with Crippen LogP contribution in [0.1, 0.15) is 16.2 Å². The van der Waals surface area contributed by atoms with Crippen molar-refractivity contribution < 1.29 is 14.3 Å². The minimum Gasteiger partial charge on any atom is -0.497 e. The zero-order chi connectivity index (χ0) is 23.4. The molecule has 3 aromatic carbocycles. The molecule has 0 saturated carbocycles. The number of fused-ring (bicyclic) bond motifs is 1. The number of methoxy groups -OCH3 is 1. The minimum atomic E-state index is -0.445. The van der Waals surface area contributed by atoms with E-state index in [9.17, 15) is 14.4 Å². The number of amides is 2. The SMILES string of the molecule is COc1cccc(NC(=O)c2ccccc2NC(=O)Cn2c(C)nc3ccccc3c2=O)c1. The first-order chi connectivity index (χ1) is 16.0. The van der Waals surface area contributed by atoms with Gasteiger partial charge in [0, 0.05) is 11.8 Å². The third kappa shape index (κ3) is 4.74. The Hall–Kier alpha value is -4.46. The summed E-state index contributed by atoms with van der Waals surface area (Å²) < 4.78 is 6.50. The number of ether oxygens (including phenoxy) is 1. The number of carbonyl (C=O) groups excluding carboxylic acids is 2. The van der Waals surface area contributed by atoms with Crippen LogP contribution in [0.5, 0.6) is 5.75 Å². The van der Waals surface area contributed by atoms with Crippen molar-refractivity contribution in [2.75, 3.05) is 17.7 Å². The lowest BCUT2D eigenvalue weighted by Crippen LogP contribution is -2.30. The maximum atomic E-state index is 12.9. The van der Waals surface area contributed by atoms with Crippen LogP contribution >= 0.6 is 0 Å². The number of nitrogens with one attached hydrogen (secondary N) is 2. The molecule has 8 heteroatoms. The second kappa shape index (κ2) is 9.35. The van der Waals surface area contributed by atoms with E-state index >= 15 is 0 Å². The number of para-hydroxylation sites is 2. The highest BCUT2D eigenvalue weighted by atomic mass is 16.5. The van der Waals surface area contributed by atoms with Crippen molar-refractivity contribution in [3.05, 3.63) is 94.5 Å². The van der Waals surface area contributed by atoms with Crippen LogP contribution in [0.15, 0.2) is 77.6 Å². The van der Waals surface area contributed by atoms with Crippen molar-refractivity contribution in [1.82, 2.24) is 9.55 Å². The quantitative estimate of drug-likeness (QED) is 0.475. The number of anilines is 2. The van der Waals surface area contributed by atoms with Crippen LogP contribution in [0.4, 0.5) is 11.4 Å². The molecule has 0 radical (unpaired) electrons. The van der Waals surface area contributed by atoms with Crippen molar-refractivity contribution >= 4 is 34.1 Å². The Kier molecular flexibility index (Phi) is 6.17. The topological polar surface area (TPSA) is 102 Å². The Morgan fingerprint density at radius 3 is 2.55 bits per heavy atom. The molecule has 1 heterocycles. The molecule has 0 aliphatic heterocycles. The highest BCUT2D eigenvalue weighted by Gasteiger charge is 2.16. The van der Waals surface area contributed by atoms with Gasteiger partial charge < -0.3 is 15.4 Å². The average Bonchev–Trinajstić information content (AvgIpc) is 2.82. The molecule has 4 aromatic rings. The largest absolute Gasteiger partial charge is 0.497 e. The van der Waals surface area contributed by atoms with Gasteiger partial charge in [0.25, 0.3) is 11.5 Å². The van der Waals surface area contributed by atoms with Crippen LogP contribution in [-0.4, -0.2) is 28.5 Å². The molecule has 0 unspecified atom stereocenters. The number of benzene rings is 3. The van der Waals surface area contributed by atoms with Crippen molar-refractivity contribution in [2.45, 2.75) is 13.5 Å². The summed E-state index contributed by atoms with van der Waals surface area (Å²) in [5.74, 6) is 0.205. The fourth-order valence-electron chi connectivity index (χ4n) is 3.49. The maximum absolute atomic E-state index is 12.9. The third-order valence-electron chi connectivity index (χ3n) is 5.13. The summed E-state index contributed by atoms with van der Waals surface area (Å²) in [4.78, 5) is 42.9. The van der Waals surface area contributed by atoms with Gasteiger partial charge in [0.1, 0.15) is 18.1 Å². The molecule has 2 amide bonds. The summed E-state index contributed by atoms with van der Waals surface area (Å²) in [6.45, 7) is 1.45. The van der Waals surface area contributed by atoms with E-state index in [0.29, 0.717) is 33.9 Å². The molecular weight excluding hydrogens is 420 g/mol. The third-order valence-corrected chi connectivity index (χ3v) is 5.13. The van der Waals surface area contributed by atoms with Crippen molar-refractivity contribution in [3.63, 3.8) is 0 Å². The molecule has 33 heavy (non-hydrogen) atoms. The normalized spacial score (nSPS) is 10.6. The number of rotatable bonds is 6. The van der Waals surface area contributed by atoms with Gasteiger partial charge in [-0.05, 0) is 43.3 Å². The van der Waals surface area contributed by atoms with E-state index in [1.807, 2.05) is 0 Å². The molecule has 2 N–H and O–H groups in total. The first-order valence-corrected chi connectivity index (χ1v) is 10.3. The fourth-order valence-corrected chi connectivity index (χ4v) is 3.49. The standard InChI is InChI=1S/C25H22N4O4/c1-16-26-22-13-6-4-11-20(22)25(32)29(16)15-23(30)28-21-12-5-3-10-19(21)24(31)27-17-8-7-9-18(14-17)33-2/h3-14H,15H2,1-2H3,(H,27,31)(H,28,30). The zero-order valence-corrected chi connectivity index (χ0v) is 18.2. The van der Waals surface area contributed by atoms with Gasteiger partial charge >= 0.3 is 0 Å².